The molecule has 0 amide bonds. The maximum Gasteiger partial charge on any atom is 0.239 e. The van der Waals surface area contributed by atoms with Gasteiger partial charge < -0.3 is 4.79 Å². The van der Waals surface area contributed by atoms with Crippen molar-refractivity contribution in [2.75, 3.05) is 11.5 Å². The van der Waals surface area contributed by atoms with E-state index in [2.05, 4.69) is 0 Å². The summed E-state index contributed by atoms with van der Waals surface area (Å²) in [6.07, 6.45) is -2.93. The summed E-state index contributed by atoms with van der Waals surface area (Å²) in [7, 11) is -3.21. The molecule has 0 aromatic carbocycles. The molecule has 70 valence electrons. The first-order chi connectivity index (χ1) is 5.39. The number of halogens is 2. The molecule has 0 aromatic heterocycles. The summed E-state index contributed by atoms with van der Waals surface area (Å²) in [6.45, 7) is 0. The first-order valence-electron chi connectivity index (χ1n) is 3.34. The summed E-state index contributed by atoms with van der Waals surface area (Å²) in [5.74, 6) is -0.846. The van der Waals surface area contributed by atoms with Crippen molar-refractivity contribution < 1.29 is 22.0 Å². The van der Waals surface area contributed by atoms with Gasteiger partial charge in [-0.1, -0.05) is 0 Å². The van der Waals surface area contributed by atoms with Crippen LogP contribution in [0, 0.1) is 5.41 Å². The van der Waals surface area contributed by atoms with E-state index in [9.17, 15) is 22.0 Å². The van der Waals surface area contributed by atoms with Crippen LogP contribution < -0.4 is 0 Å². The second-order valence-corrected chi connectivity index (χ2v) is 5.17. The van der Waals surface area contributed by atoms with E-state index in [0.29, 0.717) is 6.29 Å². The van der Waals surface area contributed by atoms with E-state index in [1.54, 1.807) is 0 Å². The van der Waals surface area contributed by atoms with Gasteiger partial charge in [-0.2, -0.15) is 0 Å². The van der Waals surface area contributed by atoms with Gasteiger partial charge in [0.25, 0.3) is 0 Å². The zero-order valence-corrected chi connectivity index (χ0v) is 6.98. The van der Waals surface area contributed by atoms with Crippen molar-refractivity contribution in [1.82, 2.24) is 0 Å². The molecule has 0 N–H and O–H groups in total. The number of alkyl halides is 2. The predicted molar refractivity (Wildman–Crippen MR) is 37.8 cm³/mol. The average molecular weight is 198 g/mol. The fourth-order valence-electron chi connectivity index (χ4n) is 1.37. The zero-order valence-electron chi connectivity index (χ0n) is 6.16. The Kier molecular flexibility index (Phi) is 2.20. The van der Waals surface area contributed by atoms with Crippen LogP contribution in [0.4, 0.5) is 8.78 Å². The Labute approximate surface area is 68.7 Å². The molecule has 0 aliphatic carbocycles. The first kappa shape index (κ1) is 9.57. The van der Waals surface area contributed by atoms with Crippen molar-refractivity contribution in [3.05, 3.63) is 0 Å². The summed E-state index contributed by atoms with van der Waals surface area (Å²) in [5, 5.41) is 0. The molecule has 0 saturated carbocycles. The molecule has 0 atom stereocenters. The smallest absolute Gasteiger partial charge is 0.239 e. The summed E-state index contributed by atoms with van der Waals surface area (Å²) >= 11 is 0. The lowest BCUT2D eigenvalue weighted by atomic mass is 9.90. The van der Waals surface area contributed by atoms with Gasteiger partial charge in [-0.3, -0.25) is 0 Å². The molecule has 1 rings (SSSR count). The standard InChI is InChI=1S/C6H8F2O3S/c7-5(8)1-6(2-9)3-12(10,11)4-6/h2,5H,1,3-4H2. The molecule has 0 spiro atoms. The van der Waals surface area contributed by atoms with Crippen LogP contribution in [0.15, 0.2) is 0 Å². The van der Waals surface area contributed by atoms with E-state index < -0.39 is 39.6 Å². The molecule has 0 unspecified atom stereocenters. The highest BCUT2D eigenvalue weighted by Gasteiger charge is 2.49. The maximum atomic E-state index is 11.8. The number of hydrogen-bond donors (Lipinski definition) is 0. The number of sulfone groups is 1. The molecule has 0 bridgehead atoms. The maximum absolute atomic E-state index is 11.8. The van der Waals surface area contributed by atoms with Crippen LogP contribution in [0.1, 0.15) is 6.42 Å². The van der Waals surface area contributed by atoms with E-state index in [4.69, 9.17) is 0 Å². The third-order valence-corrected chi connectivity index (χ3v) is 3.86. The second kappa shape index (κ2) is 2.76. The lowest BCUT2D eigenvalue weighted by molar-refractivity contribution is -0.116. The van der Waals surface area contributed by atoms with Crippen LogP contribution in [0.25, 0.3) is 0 Å². The van der Waals surface area contributed by atoms with Gasteiger partial charge in [0, 0.05) is 6.42 Å². The van der Waals surface area contributed by atoms with E-state index >= 15 is 0 Å². The molecule has 1 heterocycles. The minimum atomic E-state index is -3.21. The third-order valence-electron chi connectivity index (χ3n) is 1.83. The average Bonchev–Trinajstić information content (AvgIpc) is 1.81. The highest BCUT2D eigenvalue weighted by Crippen LogP contribution is 2.36. The van der Waals surface area contributed by atoms with Crippen molar-refractivity contribution >= 4 is 16.1 Å². The molecule has 6 heteroatoms. The van der Waals surface area contributed by atoms with Gasteiger partial charge in [-0.25, -0.2) is 17.2 Å². The zero-order chi connectivity index (χ0) is 9.41. The Morgan fingerprint density at radius 1 is 1.42 bits per heavy atom. The molecule has 1 aliphatic heterocycles. The van der Waals surface area contributed by atoms with E-state index in [1.807, 2.05) is 0 Å². The molecule has 0 radical (unpaired) electrons. The van der Waals surface area contributed by atoms with E-state index in [1.165, 1.54) is 0 Å². The van der Waals surface area contributed by atoms with Gasteiger partial charge in [0.1, 0.15) is 6.29 Å². The summed E-state index contributed by atoms with van der Waals surface area (Å²) in [6, 6.07) is 0. The van der Waals surface area contributed by atoms with E-state index in [-0.39, 0.29) is 0 Å². The van der Waals surface area contributed by atoms with Crippen molar-refractivity contribution in [3.63, 3.8) is 0 Å². The minimum absolute atomic E-state index is 0.334. The molecule has 1 aliphatic rings. The minimum Gasteiger partial charge on any atom is -0.303 e. The van der Waals surface area contributed by atoms with Crippen molar-refractivity contribution in [2.24, 2.45) is 5.41 Å². The highest BCUT2D eigenvalue weighted by atomic mass is 32.2. The Hall–Kier alpha value is -0.520. The fourth-order valence-corrected chi connectivity index (χ4v) is 3.41. The summed E-state index contributed by atoms with van der Waals surface area (Å²) in [4.78, 5) is 10.3. The Bertz CT molecular complexity index is 271. The molecule has 12 heavy (non-hydrogen) atoms. The van der Waals surface area contributed by atoms with Crippen molar-refractivity contribution in [1.29, 1.82) is 0 Å². The molecule has 1 saturated heterocycles. The largest absolute Gasteiger partial charge is 0.303 e. The fraction of sp³-hybridized carbons (Fsp3) is 0.833. The highest BCUT2D eigenvalue weighted by molar-refractivity contribution is 7.93. The number of carbonyl (C=O) groups is 1. The number of rotatable bonds is 3. The van der Waals surface area contributed by atoms with Crippen molar-refractivity contribution in [3.8, 4) is 0 Å². The second-order valence-electron chi connectivity index (χ2n) is 3.11. The van der Waals surface area contributed by atoms with Crippen LogP contribution in [-0.2, 0) is 14.6 Å². The normalized spacial score (nSPS) is 24.9. The third kappa shape index (κ3) is 1.80. The molecular formula is C6H8F2O3S. The molecular weight excluding hydrogens is 190 g/mol. The SMILES string of the molecule is O=CC1(CC(F)F)CS(=O)(=O)C1. The first-order valence-corrected chi connectivity index (χ1v) is 5.16. The van der Waals surface area contributed by atoms with Gasteiger partial charge in [-0.15, -0.1) is 0 Å². The van der Waals surface area contributed by atoms with Crippen molar-refractivity contribution in [2.45, 2.75) is 12.8 Å². The molecule has 3 nitrogen and oxygen atoms in total. The molecule has 1 fully saturated rings. The van der Waals surface area contributed by atoms with Crippen LogP contribution in [0.5, 0.6) is 0 Å². The number of aldehydes is 1. The molecule has 0 aromatic rings. The van der Waals surface area contributed by atoms with Crippen LogP contribution in [0.2, 0.25) is 0 Å². The number of carbonyl (C=O) groups excluding carboxylic acids is 1. The van der Waals surface area contributed by atoms with Gasteiger partial charge in [-0.05, 0) is 0 Å². The van der Waals surface area contributed by atoms with Crippen LogP contribution >= 0.6 is 0 Å². The van der Waals surface area contributed by atoms with Crippen LogP contribution in [0.3, 0.4) is 0 Å². The summed E-state index contributed by atoms with van der Waals surface area (Å²) < 4.78 is 45.0. The van der Waals surface area contributed by atoms with Crippen LogP contribution in [-0.4, -0.2) is 32.6 Å². The Morgan fingerprint density at radius 2 is 1.92 bits per heavy atom. The van der Waals surface area contributed by atoms with Gasteiger partial charge in [0.05, 0.1) is 16.9 Å². The quantitative estimate of drug-likeness (QED) is 0.611. The Balaban J connectivity index is 2.65. The lowest BCUT2D eigenvalue weighted by Gasteiger charge is -2.35. The summed E-state index contributed by atoms with van der Waals surface area (Å²) in [5.41, 5.74) is -1.30. The predicted octanol–water partition coefficient (Wildman–Crippen LogP) is 0.255. The van der Waals surface area contributed by atoms with Gasteiger partial charge >= 0.3 is 0 Å². The van der Waals surface area contributed by atoms with Gasteiger partial charge in [0.15, 0.2) is 9.84 Å². The topological polar surface area (TPSA) is 51.2 Å². The van der Waals surface area contributed by atoms with Gasteiger partial charge in [0.2, 0.25) is 6.43 Å². The number of hydrogen-bond acceptors (Lipinski definition) is 3. The van der Waals surface area contributed by atoms with E-state index in [0.717, 1.165) is 0 Å². The Morgan fingerprint density at radius 3 is 2.17 bits per heavy atom. The monoisotopic (exact) mass is 198 g/mol. The lowest BCUT2D eigenvalue weighted by Crippen LogP contribution is -2.50.